The van der Waals surface area contributed by atoms with Gasteiger partial charge in [0.05, 0.1) is 17.7 Å². The van der Waals surface area contributed by atoms with Gasteiger partial charge in [-0.25, -0.2) is 8.78 Å². The van der Waals surface area contributed by atoms with Crippen LogP contribution in [0.1, 0.15) is 33.3 Å². The third-order valence-corrected chi connectivity index (χ3v) is 4.54. The highest BCUT2D eigenvalue weighted by molar-refractivity contribution is 6.61. The summed E-state index contributed by atoms with van der Waals surface area (Å²) >= 11 is 0. The SMILES string of the molecule is CC1(C)OB(c2cnn(Cc3cccc(F)c3F)c2)OC1(C)C. The molecule has 1 aliphatic rings. The van der Waals surface area contributed by atoms with Gasteiger partial charge in [0.25, 0.3) is 0 Å². The molecule has 23 heavy (non-hydrogen) atoms. The fraction of sp³-hybridized carbons (Fsp3) is 0.438. The zero-order valence-electron chi connectivity index (χ0n) is 13.6. The molecule has 0 spiro atoms. The highest BCUT2D eigenvalue weighted by atomic mass is 19.2. The number of halogens is 2. The molecule has 1 fully saturated rings. The van der Waals surface area contributed by atoms with Crippen molar-refractivity contribution in [2.75, 3.05) is 0 Å². The Hall–Kier alpha value is -1.73. The molecule has 1 aromatic carbocycles. The van der Waals surface area contributed by atoms with Crippen LogP contribution < -0.4 is 5.46 Å². The molecule has 122 valence electrons. The van der Waals surface area contributed by atoms with E-state index in [9.17, 15) is 8.78 Å². The summed E-state index contributed by atoms with van der Waals surface area (Å²) < 4.78 is 40.4. The molecule has 2 heterocycles. The number of aromatic nitrogens is 2. The molecule has 7 heteroatoms. The summed E-state index contributed by atoms with van der Waals surface area (Å²) in [6.07, 6.45) is 3.35. The van der Waals surface area contributed by atoms with Crippen LogP contribution in [0.3, 0.4) is 0 Å². The lowest BCUT2D eigenvalue weighted by molar-refractivity contribution is 0.00578. The summed E-state index contributed by atoms with van der Waals surface area (Å²) in [5.41, 5.74) is 0.122. The molecule has 3 rings (SSSR count). The molecule has 0 amide bonds. The van der Waals surface area contributed by atoms with Crippen molar-refractivity contribution in [1.29, 1.82) is 0 Å². The van der Waals surface area contributed by atoms with E-state index in [1.165, 1.54) is 16.8 Å². The summed E-state index contributed by atoms with van der Waals surface area (Å²) in [5, 5.41) is 4.19. The van der Waals surface area contributed by atoms with E-state index in [0.717, 1.165) is 11.5 Å². The summed E-state index contributed by atoms with van der Waals surface area (Å²) in [7, 11) is -0.522. The Morgan fingerprint density at radius 2 is 1.78 bits per heavy atom. The van der Waals surface area contributed by atoms with Gasteiger partial charge in [0.2, 0.25) is 0 Å². The van der Waals surface area contributed by atoms with Crippen molar-refractivity contribution in [3.8, 4) is 0 Å². The highest BCUT2D eigenvalue weighted by Crippen LogP contribution is 2.36. The van der Waals surface area contributed by atoms with Gasteiger partial charge >= 0.3 is 7.12 Å². The van der Waals surface area contributed by atoms with Crippen LogP contribution in [0.2, 0.25) is 0 Å². The van der Waals surface area contributed by atoms with Gasteiger partial charge in [-0.15, -0.1) is 0 Å². The topological polar surface area (TPSA) is 36.3 Å². The summed E-state index contributed by atoms with van der Waals surface area (Å²) in [6.45, 7) is 8.03. The van der Waals surface area contributed by atoms with Crippen molar-refractivity contribution in [2.24, 2.45) is 0 Å². The van der Waals surface area contributed by atoms with Crippen molar-refractivity contribution < 1.29 is 18.1 Å². The van der Waals surface area contributed by atoms with Crippen LogP contribution in [0.5, 0.6) is 0 Å². The molecule has 0 radical (unpaired) electrons. The lowest BCUT2D eigenvalue weighted by Gasteiger charge is -2.32. The zero-order chi connectivity index (χ0) is 16.8. The van der Waals surface area contributed by atoms with E-state index in [4.69, 9.17) is 9.31 Å². The van der Waals surface area contributed by atoms with Gasteiger partial charge < -0.3 is 9.31 Å². The molecule has 0 saturated carbocycles. The van der Waals surface area contributed by atoms with E-state index in [1.807, 2.05) is 27.7 Å². The molecule has 1 aromatic heterocycles. The van der Waals surface area contributed by atoms with Gasteiger partial charge in [-0.05, 0) is 33.8 Å². The predicted octanol–water partition coefficient (Wildman–Crippen LogP) is 2.51. The summed E-state index contributed by atoms with van der Waals surface area (Å²) in [5.74, 6) is -1.71. The minimum atomic E-state index is -0.860. The maximum atomic E-state index is 13.7. The maximum Gasteiger partial charge on any atom is 0.498 e. The van der Waals surface area contributed by atoms with Crippen molar-refractivity contribution in [1.82, 2.24) is 9.78 Å². The quantitative estimate of drug-likeness (QED) is 0.816. The lowest BCUT2D eigenvalue weighted by Crippen LogP contribution is -2.41. The molecule has 1 aliphatic heterocycles. The average molecular weight is 320 g/mol. The van der Waals surface area contributed by atoms with Gasteiger partial charge in [-0.2, -0.15) is 5.10 Å². The zero-order valence-corrected chi connectivity index (χ0v) is 13.6. The van der Waals surface area contributed by atoms with Crippen LogP contribution in [0, 0.1) is 11.6 Å². The fourth-order valence-corrected chi connectivity index (χ4v) is 2.41. The van der Waals surface area contributed by atoms with Crippen molar-refractivity contribution in [3.05, 3.63) is 47.8 Å². The van der Waals surface area contributed by atoms with Crippen LogP contribution in [-0.4, -0.2) is 28.1 Å². The Balaban J connectivity index is 1.78. The number of hydrogen-bond donors (Lipinski definition) is 0. The van der Waals surface area contributed by atoms with E-state index in [1.54, 1.807) is 12.4 Å². The van der Waals surface area contributed by atoms with Crippen LogP contribution >= 0.6 is 0 Å². The second-order valence-corrected chi connectivity index (χ2v) is 6.77. The molecule has 2 aromatic rings. The number of nitrogens with zero attached hydrogens (tertiary/aromatic N) is 2. The van der Waals surface area contributed by atoms with Crippen LogP contribution in [-0.2, 0) is 15.9 Å². The first-order chi connectivity index (χ1) is 10.7. The predicted molar refractivity (Wildman–Crippen MR) is 83.4 cm³/mol. The normalized spacial score (nSPS) is 19.3. The van der Waals surface area contributed by atoms with E-state index >= 15 is 0 Å². The Morgan fingerprint density at radius 1 is 1.13 bits per heavy atom. The van der Waals surface area contributed by atoms with Crippen LogP contribution in [0.25, 0.3) is 0 Å². The Bertz CT molecular complexity index is 715. The Kier molecular flexibility index (Phi) is 3.81. The molecule has 0 N–H and O–H groups in total. The van der Waals surface area contributed by atoms with Gasteiger partial charge in [0.1, 0.15) is 0 Å². The Labute approximate surface area is 134 Å². The molecular formula is C16H19BF2N2O2. The largest absolute Gasteiger partial charge is 0.498 e. The number of benzene rings is 1. The molecule has 0 atom stereocenters. The van der Waals surface area contributed by atoms with E-state index in [-0.39, 0.29) is 12.1 Å². The summed E-state index contributed by atoms with van der Waals surface area (Å²) in [6, 6.07) is 4.11. The molecule has 1 saturated heterocycles. The third kappa shape index (κ3) is 2.91. The monoisotopic (exact) mass is 320 g/mol. The summed E-state index contributed by atoms with van der Waals surface area (Å²) in [4.78, 5) is 0. The molecule has 0 bridgehead atoms. The van der Waals surface area contributed by atoms with Crippen molar-refractivity contribution in [2.45, 2.75) is 45.4 Å². The van der Waals surface area contributed by atoms with Crippen LogP contribution in [0.4, 0.5) is 8.78 Å². The second-order valence-electron chi connectivity index (χ2n) is 6.77. The molecule has 4 nitrogen and oxygen atoms in total. The van der Waals surface area contributed by atoms with Gasteiger partial charge in [-0.1, -0.05) is 12.1 Å². The van der Waals surface area contributed by atoms with Gasteiger partial charge in [0.15, 0.2) is 11.6 Å². The first-order valence-electron chi connectivity index (χ1n) is 7.50. The third-order valence-electron chi connectivity index (χ3n) is 4.54. The number of rotatable bonds is 3. The first-order valence-corrected chi connectivity index (χ1v) is 7.50. The van der Waals surface area contributed by atoms with Crippen LogP contribution in [0.15, 0.2) is 30.6 Å². The van der Waals surface area contributed by atoms with E-state index < -0.39 is 30.0 Å². The van der Waals surface area contributed by atoms with Crippen molar-refractivity contribution >= 4 is 12.6 Å². The second kappa shape index (κ2) is 5.42. The standard InChI is InChI=1S/C16H19BF2N2O2/c1-15(2)16(3,4)23-17(22-15)12-8-20-21(10-12)9-11-6-5-7-13(18)14(11)19/h5-8,10H,9H2,1-4H3. The molecule has 0 unspecified atom stereocenters. The van der Waals surface area contributed by atoms with Gasteiger partial charge in [0, 0.05) is 23.4 Å². The minimum absolute atomic E-state index is 0.142. The van der Waals surface area contributed by atoms with Crippen molar-refractivity contribution in [3.63, 3.8) is 0 Å². The van der Waals surface area contributed by atoms with E-state index in [2.05, 4.69) is 5.10 Å². The highest BCUT2D eigenvalue weighted by Gasteiger charge is 2.52. The lowest BCUT2D eigenvalue weighted by atomic mass is 9.82. The molecule has 0 aliphatic carbocycles. The first kappa shape index (κ1) is 16.1. The smallest absolute Gasteiger partial charge is 0.399 e. The van der Waals surface area contributed by atoms with Gasteiger partial charge in [-0.3, -0.25) is 4.68 Å². The number of hydrogen-bond acceptors (Lipinski definition) is 3. The Morgan fingerprint density at radius 3 is 2.43 bits per heavy atom. The van der Waals surface area contributed by atoms with E-state index in [0.29, 0.717) is 0 Å². The average Bonchev–Trinajstić information content (AvgIpc) is 2.98. The fourth-order valence-electron chi connectivity index (χ4n) is 2.41. The minimum Gasteiger partial charge on any atom is -0.399 e. The molecular weight excluding hydrogens is 301 g/mol. The maximum absolute atomic E-state index is 13.7.